The first kappa shape index (κ1) is 14.4. The van der Waals surface area contributed by atoms with E-state index in [2.05, 4.69) is 0 Å². The van der Waals surface area contributed by atoms with Crippen LogP contribution in [0.5, 0.6) is 0 Å². The van der Waals surface area contributed by atoms with Crippen molar-refractivity contribution in [3.63, 3.8) is 0 Å². The highest BCUT2D eigenvalue weighted by Crippen LogP contribution is 2.19. The third-order valence-corrected chi connectivity index (χ3v) is 4.06. The van der Waals surface area contributed by atoms with Crippen LogP contribution in [0, 0.1) is 0 Å². The van der Waals surface area contributed by atoms with Crippen LogP contribution < -0.4 is 0 Å². The number of carbonyl (C=O) groups excluding carboxylic acids is 1. The third kappa shape index (κ3) is 3.12. The molecule has 0 heterocycles. The van der Waals surface area contributed by atoms with Gasteiger partial charge in [-0.1, -0.05) is 42.5 Å². The van der Waals surface area contributed by atoms with Crippen molar-refractivity contribution in [1.29, 1.82) is 0 Å². The van der Waals surface area contributed by atoms with Gasteiger partial charge in [-0.15, -0.1) is 0 Å². The largest absolute Gasteiger partial charge is 0.380 e. The number of rotatable bonds is 4. The first-order chi connectivity index (χ1) is 9.39. The van der Waals surface area contributed by atoms with E-state index < -0.39 is 21.7 Å². The summed E-state index contributed by atoms with van der Waals surface area (Å²) in [6.07, 6.45) is -0.150. The number of sulfone groups is 1. The number of carbonyl (C=O) groups is 1. The molecule has 0 aliphatic heterocycles. The minimum atomic E-state index is -3.29. The molecule has 0 amide bonds. The molecule has 2 aromatic rings. The van der Waals surface area contributed by atoms with Gasteiger partial charge in [-0.2, -0.15) is 0 Å². The van der Waals surface area contributed by atoms with Crippen LogP contribution >= 0.6 is 0 Å². The minimum absolute atomic E-state index is 0.142. The molecule has 0 aliphatic carbocycles. The van der Waals surface area contributed by atoms with Crippen molar-refractivity contribution in [3.05, 3.63) is 65.7 Å². The molecule has 0 aliphatic rings. The Bertz CT molecular complexity index is 703. The van der Waals surface area contributed by atoms with E-state index >= 15 is 0 Å². The van der Waals surface area contributed by atoms with Gasteiger partial charge < -0.3 is 5.11 Å². The second-order valence-corrected chi connectivity index (χ2v) is 6.49. The van der Waals surface area contributed by atoms with E-state index in [0.29, 0.717) is 5.56 Å². The molecule has 0 fully saturated rings. The van der Waals surface area contributed by atoms with Gasteiger partial charge in [0.2, 0.25) is 0 Å². The van der Waals surface area contributed by atoms with E-state index in [0.717, 1.165) is 6.26 Å². The normalized spacial score (nSPS) is 12.9. The van der Waals surface area contributed by atoms with Crippen LogP contribution in [0.3, 0.4) is 0 Å². The Balaban J connectivity index is 2.26. The lowest BCUT2D eigenvalue weighted by Crippen LogP contribution is -2.12. The molecule has 104 valence electrons. The predicted octanol–water partition coefficient (Wildman–Crippen LogP) is 2.01. The summed E-state index contributed by atoms with van der Waals surface area (Å²) in [5.74, 6) is -0.462. The van der Waals surface area contributed by atoms with Crippen molar-refractivity contribution in [1.82, 2.24) is 0 Å². The van der Waals surface area contributed by atoms with Gasteiger partial charge in [0, 0.05) is 11.8 Å². The lowest BCUT2D eigenvalue weighted by Gasteiger charge is -2.10. The summed E-state index contributed by atoms with van der Waals surface area (Å²) in [7, 11) is -3.29. The summed E-state index contributed by atoms with van der Waals surface area (Å²) in [5, 5.41) is 10.0. The summed E-state index contributed by atoms with van der Waals surface area (Å²) in [6.45, 7) is 0. The fraction of sp³-hybridized carbons (Fsp3) is 0.133. The van der Waals surface area contributed by atoms with E-state index in [-0.39, 0.29) is 10.5 Å². The summed E-state index contributed by atoms with van der Waals surface area (Å²) in [6, 6.07) is 14.1. The Kier molecular flexibility index (Phi) is 4.01. The zero-order valence-corrected chi connectivity index (χ0v) is 11.7. The van der Waals surface area contributed by atoms with Crippen LogP contribution in [0.15, 0.2) is 59.5 Å². The van der Waals surface area contributed by atoms with Gasteiger partial charge in [0.1, 0.15) is 6.10 Å². The molecule has 1 atom stereocenters. The Morgan fingerprint density at radius 1 is 1.00 bits per heavy atom. The van der Waals surface area contributed by atoms with Gasteiger partial charge in [-0.05, 0) is 17.7 Å². The van der Waals surface area contributed by atoms with Gasteiger partial charge in [0.15, 0.2) is 15.6 Å². The topological polar surface area (TPSA) is 71.4 Å². The average Bonchev–Trinajstić information content (AvgIpc) is 2.46. The highest BCUT2D eigenvalue weighted by Gasteiger charge is 2.19. The van der Waals surface area contributed by atoms with Crippen LogP contribution in [0.4, 0.5) is 0 Å². The molecule has 0 spiro atoms. The number of aliphatic hydroxyl groups excluding tert-OH is 1. The van der Waals surface area contributed by atoms with Gasteiger partial charge in [0.05, 0.1) is 4.90 Å². The van der Waals surface area contributed by atoms with Crippen LogP contribution in [0.1, 0.15) is 22.0 Å². The minimum Gasteiger partial charge on any atom is -0.380 e. The van der Waals surface area contributed by atoms with Gasteiger partial charge in [0.25, 0.3) is 0 Å². The molecule has 2 rings (SSSR count). The maximum atomic E-state index is 12.1. The summed E-state index contributed by atoms with van der Waals surface area (Å²) < 4.78 is 22.7. The zero-order valence-electron chi connectivity index (χ0n) is 10.9. The smallest absolute Gasteiger partial charge is 0.195 e. The lowest BCUT2D eigenvalue weighted by molar-refractivity contribution is 0.0747. The van der Waals surface area contributed by atoms with Gasteiger partial charge in [-0.25, -0.2) is 8.42 Å². The highest BCUT2D eigenvalue weighted by molar-refractivity contribution is 7.90. The van der Waals surface area contributed by atoms with Crippen molar-refractivity contribution in [2.45, 2.75) is 11.0 Å². The number of Topliss-reactive ketones (excluding diaryl/α,β-unsaturated/α-hetero) is 1. The van der Waals surface area contributed by atoms with Crippen molar-refractivity contribution in [3.8, 4) is 0 Å². The van der Waals surface area contributed by atoms with Crippen LogP contribution in [-0.4, -0.2) is 25.6 Å². The number of benzene rings is 2. The molecular weight excluding hydrogens is 276 g/mol. The fourth-order valence-electron chi connectivity index (χ4n) is 1.81. The van der Waals surface area contributed by atoms with E-state index in [1.54, 1.807) is 30.3 Å². The monoisotopic (exact) mass is 290 g/mol. The standard InChI is InChI=1S/C15H14O4S/c1-20(18,19)13-9-7-12(8-10-13)15(17)14(16)11-5-3-2-4-6-11/h2-10,14,16H,1H3. The molecule has 4 nitrogen and oxygen atoms in total. The number of hydrogen-bond donors (Lipinski definition) is 1. The van der Waals surface area contributed by atoms with E-state index in [1.165, 1.54) is 24.3 Å². The van der Waals surface area contributed by atoms with E-state index in [4.69, 9.17) is 0 Å². The molecule has 0 saturated heterocycles. The van der Waals surface area contributed by atoms with Gasteiger partial charge >= 0.3 is 0 Å². The van der Waals surface area contributed by atoms with Crippen LogP contribution in [-0.2, 0) is 9.84 Å². The quantitative estimate of drug-likeness (QED) is 0.874. The maximum absolute atomic E-state index is 12.1. The number of hydrogen-bond acceptors (Lipinski definition) is 4. The summed E-state index contributed by atoms with van der Waals surface area (Å²) >= 11 is 0. The number of aliphatic hydroxyl groups is 1. The Morgan fingerprint density at radius 2 is 1.55 bits per heavy atom. The van der Waals surface area contributed by atoms with E-state index in [9.17, 15) is 18.3 Å². The van der Waals surface area contributed by atoms with Crippen molar-refractivity contribution >= 4 is 15.6 Å². The first-order valence-electron chi connectivity index (χ1n) is 5.97. The predicted molar refractivity (Wildman–Crippen MR) is 75.3 cm³/mol. The second-order valence-electron chi connectivity index (χ2n) is 4.47. The molecule has 0 radical (unpaired) electrons. The Hall–Kier alpha value is -1.98. The fourth-order valence-corrected chi connectivity index (χ4v) is 2.44. The molecule has 0 bridgehead atoms. The van der Waals surface area contributed by atoms with Crippen molar-refractivity contribution in [2.75, 3.05) is 6.26 Å². The zero-order chi connectivity index (χ0) is 14.8. The average molecular weight is 290 g/mol. The van der Waals surface area contributed by atoms with Crippen molar-refractivity contribution < 1.29 is 18.3 Å². The molecular formula is C15H14O4S. The summed E-state index contributed by atoms with van der Waals surface area (Å²) in [5.41, 5.74) is 0.776. The molecule has 0 saturated carbocycles. The molecule has 1 N–H and O–H groups in total. The summed E-state index contributed by atoms with van der Waals surface area (Å²) in [4.78, 5) is 12.2. The Morgan fingerprint density at radius 3 is 2.05 bits per heavy atom. The van der Waals surface area contributed by atoms with Crippen LogP contribution in [0.2, 0.25) is 0 Å². The lowest BCUT2D eigenvalue weighted by atomic mass is 10.0. The SMILES string of the molecule is CS(=O)(=O)c1ccc(C(=O)C(O)c2ccccc2)cc1. The van der Waals surface area contributed by atoms with Crippen LogP contribution in [0.25, 0.3) is 0 Å². The maximum Gasteiger partial charge on any atom is 0.195 e. The number of ketones is 1. The molecule has 1 unspecified atom stereocenters. The van der Waals surface area contributed by atoms with Gasteiger partial charge in [-0.3, -0.25) is 4.79 Å². The highest BCUT2D eigenvalue weighted by atomic mass is 32.2. The van der Waals surface area contributed by atoms with E-state index in [1.807, 2.05) is 0 Å². The molecule has 0 aromatic heterocycles. The molecule has 2 aromatic carbocycles. The Labute approximate surface area is 117 Å². The third-order valence-electron chi connectivity index (χ3n) is 2.93. The molecule has 20 heavy (non-hydrogen) atoms. The first-order valence-corrected chi connectivity index (χ1v) is 7.86. The van der Waals surface area contributed by atoms with Crippen molar-refractivity contribution in [2.24, 2.45) is 0 Å². The second kappa shape index (κ2) is 5.56. The molecule has 5 heteroatoms.